The third-order valence-corrected chi connectivity index (χ3v) is 4.74. The molecule has 18 heavy (non-hydrogen) atoms. The SMILES string of the molecule is CCOC(=O)CN(CC)S(=O)(=O)CC1CCCO1. The minimum absolute atomic E-state index is 0.0553. The molecule has 0 aliphatic carbocycles. The van der Waals surface area contributed by atoms with Crippen molar-refractivity contribution in [3.8, 4) is 0 Å². The van der Waals surface area contributed by atoms with Gasteiger partial charge in [-0.25, -0.2) is 8.42 Å². The number of hydrogen-bond donors (Lipinski definition) is 0. The Bertz CT molecular complexity index is 362. The minimum atomic E-state index is -3.46. The maximum absolute atomic E-state index is 12.1. The summed E-state index contributed by atoms with van der Waals surface area (Å²) in [5, 5.41) is 0. The summed E-state index contributed by atoms with van der Waals surface area (Å²) in [7, 11) is -3.46. The van der Waals surface area contributed by atoms with E-state index in [0.29, 0.717) is 6.61 Å². The Balaban J connectivity index is 2.58. The van der Waals surface area contributed by atoms with Crippen molar-refractivity contribution in [3.05, 3.63) is 0 Å². The molecule has 1 fully saturated rings. The van der Waals surface area contributed by atoms with Crippen LogP contribution in [0.15, 0.2) is 0 Å². The Labute approximate surface area is 108 Å². The lowest BCUT2D eigenvalue weighted by atomic mass is 10.3. The van der Waals surface area contributed by atoms with Gasteiger partial charge in [0.05, 0.1) is 18.5 Å². The van der Waals surface area contributed by atoms with Crippen molar-refractivity contribution >= 4 is 16.0 Å². The summed E-state index contributed by atoms with van der Waals surface area (Å²) in [6.07, 6.45) is 1.41. The Morgan fingerprint density at radius 2 is 2.17 bits per heavy atom. The van der Waals surface area contributed by atoms with Crippen LogP contribution in [0.2, 0.25) is 0 Å². The van der Waals surface area contributed by atoms with Crippen LogP contribution < -0.4 is 0 Å². The van der Waals surface area contributed by atoms with Crippen LogP contribution in [0.5, 0.6) is 0 Å². The van der Waals surface area contributed by atoms with E-state index in [4.69, 9.17) is 9.47 Å². The molecule has 0 saturated carbocycles. The molecule has 0 N–H and O–H groups in total. The number of rotatable bonds is 7. The van der Waals surface area contributed by atoms with Gasteiger partial charge in [-0.15, -0.1) is 0 Å². The molecule has 1 rings (SSSR count). The maximum Gasteiger partial charge on any atom is 0.321 e. The van der Waals surface area contributed by atoms with Crippen molar-refractivity contribution in [3.63, 3.8) is 0 Å². The lowest BCUT2D eigenvalue weighted by Crippen LogP contribution is -2.40. The van der Waals surface area contributed by atoms with Crippen LogP contribution in [0.1, 0.15) is 26.7 Å². The zero-order valence-electron chi connectivity index (χ0n) is 10.9. The maximum atomic E-state index is 12.1. The monoisotopic (exact) mass is 279 g/mol. The average molecular weight is 279 g/mol. The molecule has 1 aliphatic heterocycles. The van der Waals surface area contributed by atoms with Crippen molar-refractivity contribution in [1.82, 2.24) is 4.31 Å². The summed E-state index contributed by atoms with van der Waals surface area (Å²) in [4.78, 5) is 11.3. The van der Waals surface area contributed by atoms with Crippen molar-refractivity contribution in [2.45, 2.75) is 32.8 Å². The molecule has 0 amide bonds. The first-order valence-corrected chi connectivity index (χ1v) is 7.85. The Morgan fingerprint density at radius 1 is 1.44 bits per heavy atom. The highest BCUT2D eigenvalue weighted by atomic mass is 32.2. The van der Waals surface area contributed by atoms with Gasteiger partial charge in [-0.05, 0) is 19.8 Å². The van der Waals surface area contributed by atoms with Gasteiger partial charge in [0.2, 0.25) is 10.0 Å². The summed E-state index contributed by atoms with van der Waals surface area (Å²) in [6, 6.07) is 0. The predicted octanol–water partition coefficient (Wildman–Crippen LogP) is 0.380. The van der Waals surface area contributed by atoms with E-state index >= 15 is 0 Å². The molecule has 0 aromatic rings. The molecule has 1 saturated heterocycles. The zero-order chi connectivity index (χ0) is 13.6. The van der Waals surface area contributed by atoms with Crippen LogP contribution in [0.4, 0.5) is 0 Å². The largest absolute Gasteiger partial charge is 0.465 e. The minimum Gasteiger partial charge on any atom is -0.465 e. The van der Waals surface area contributed by atoms with Crippen LogP contribution in [0.3, 0.4) is 0 Å². The zero-order valence-corrected chi connectivity index (χ0v) is 11.7. The fraction of sp³-hybridized carbons (Fsp3) is 0.909. The van der Waals surface area contributed by atoms with E-state index in [2.05, 4.69) is 0 Å². The predicted molar refractivity (Wildman–Crippen MR) is 66.6 cm³/mol. The molecule has 0 spiro atoms. The molecule has 0 aromatic carbocycles. The second-order valence-corrected chi connectivity index (χ2v) is 6.16. The number of esters is 1. The molecule has 6 nitrogen and oxygen atoms in total. The number of carbonyl (C=O) groups is 1. The van der Waals surface area contributed by atoms with E-state index in [1.807, 2.05) is 0 Å². The summed E-state index contributed by atoms with van der Waals surface area (Å²) < 4.78 is 35.4. The molecule has 0 bridgehead atoms. The van der Waals surface area contributed by atoms with Gasteiger partial charge < -0.3 is 9.47 Å². The van der Waals surface area contributed by atoms with Gasteiger partial charge in [0.1, 0.15) is 6.54 Å². The molecule has 106 valence electrons. The number of ether oxygens (including phenoxy) is 2. The van der Waals surface area contributed by atoms with E-state index < -0.39 is 16.0 Å². The lowest BCUT2D eigenvalue weighted by molar-refractivity contribution is -0.143. The van der Waals surface area contributed by atoms with Gasteiger partial charge in [0, 0.05) is 13.2 Å². The number of nitrogens with zero attached hydrogens (tertiary/aromatic N) is 1. The highest BCUT2D eigenvalue weighted by Gasteiger charge is 2.29. The van der Waals surface area contributed by atoms with Crippen molar-refractivity contribution < 1.29 is 22.7 Å². The molecule has 0 radical (unpaired) electrons. The fourth-order valence-corrected chi connectivity index (χ4v) is 3.51. The highest BCUT2D eigenvalue weighted by Crippen LogP contribution is 2.16. The molecule has 7 heteroatoms. The van der Waals surface area contributed by atoms with Gasteiger partial charge in [0.15, 0.2) is 0 Å². The van der Waals surface area contributed by atoms with Crippen LogP contribution in [0.25, 0.3) is 0 Å². The third kappa shape index (κ3) is 4.55. The van der Waals surface area contributed by atoms with Crippen LogP contribution in [0, 0.1) is 0 Å². The number of carbonyl (C=O) groups excluding carboxylic acids is 1. The molecule has 1 heterocycles. The van der Waals surface area contributed by atoms with E-state index in [-0.39, 0.29) is 31.6 Å². The Morgan fingerprint density at radius 3 is 2.67 bits per heavy atom. The van der Waals surface area contributed by atoms with Crippen LogP contribution >= 0.6 is 0 Å². The molecular formula is C11H21NO5S. The van der Waals surface area contributed by atoms with E-state index in [0.717, 1.165) is 17.1 Å². The number of likely N-dealkylation sites (N-methyl/N-ethyl adjacent to an activating group) is 1. The van der Waals surface area contributed by atoms with Gasteiger partial charge in [0.25, 0.3) is 0 Å². The Kier molecular flexibility index (Phi) is 6.04. The van der Waals surface area contributed by atoms with Crippen molar-refractivity contribution in [2.75, 3.05) is 32.1 Å². The topological polar surface area (TPSA) is 72.9 Å². The second-order valence-electron chi connectivity index (χ2n) is 4.14. The Hall–Kier alpha value is -0.660. The number of sulfonamides is 1. The highest BCUT2D eigenvalue weighted by molar-refractivity contribution is 7.89. The van der Waals surface area contributed by atoms with Gasteiger partial charge in [-0.3, -0.25) is 4.79 Å². The summed E-state index contributed by atoms with van der Waals surface area (Å²) in [5.74, 6) is -0.574. The first-order chi connectivity index (χ1) is 8.49. The van der Waals surface area contributed by atoms with E-state index in [9.17, 15) is 13.2 Å². The van der Waals surface area contributed by atoms with Crippen molar-refractivity contribution in [1.29, 1.82) is 0 Å². The standard InChI is InChI=1S/C11H21NO5S/c1-3-12(8-11(13)16-4-2)18(14,15)9-10-6-5-7-17-10/h10H,3-9H2,1-2H3. The molecular weight excluding hydrogens is 258 g/mol. The van der Waals surface area contributed by atoms with Crippen molar-refractivity contribution in [2.24, 2.45) is 0 Å². The third-order valence-electron chi connectivity index (χ3n) is 2.78. The molecule has 1 aliphatic rings. The summed E-state index contributed by atoms with van der Waals surface area (Å²) >= 11 is 0. The van der Waals surface area contributed by atoms with Gasteiger partial charge in [-0.1, -0.05) is 6.92 Å². The van der Waals surface area contributed by atoms with E-state index in [1.54, 1.807) is 13.8 Å². The second kappa shape index (κ2) is 7.06. The normalized spacial score (nSPS) is 20.3. The van der Waals surface area contributed by atoms with Gasteiger partial charge in [-0.2, -0.15) is 4.31 Å². The summed E-state index contributed by atoms with van der Waals surface area (Å²) in [5.41, 5.74) is 0. The average Bonchev–Trinajstić information content (AvgIpc) is 2.78. The first kappa shape index (κ1) is 15.4. The van der Waals surface area contributed by atoms with Crippen LogP contribution in [-0.4, -0.2) is 56.9 Å². The fourth-order valence-electron chi connectivity index (χ4n) is 1.87. The van der Waals surface area contributed by atoms with Gasteiger partial charge >= 0.3 is 5.97 Å². The first-order valence-electron chi connectivity index (χ1n) is 6.24. The molecule has 1 unspecified atom stereocenters. The smallest absolute Gasteiger partial charge is 0.321 e. The van der Waals surface area contributed by atoms with E-state index in [1.165, 1.54) is 0 Å². The molecule has 0 aromatic heterocycles. The molecule has 1 atom stereocenters. The van der Waals surface area contributed by atoms with Crippen LogP contribution in [-0.2, 0) is 24.3 Å². The lowest BCUT2D eigenvalue weighted by Gasteiger charge is -2.21. The number of hydrogen-bond acceptors (Lipinski definition) is 5. The quantitative estimate of drug-likeness (QED) is 0.630. The summed E-state index contributed by atoms with van der Waals surface area (Å²) in [6.45, 7) is 4.29.